The number of anilines is 1. The Balaban J connectivity index is 0.00000456. The number of carbonyl (C=O) groups is 2. The number of rotatable bonds is 9. The Hall–Kier alpha value is -3.01. The highest BCUT2D eigenvalue weighted by atomic mass is 35.5. The van der Waals surface area contributed by atoms with Crippen LogP contribution < -0.4 is 16.0 Å². The second-order valence-corrected chi connectivity index (χ2v) is 9.25. The SMILES string of the molecule is C[C@@H]1CCN(C(=O)CC#N)C[C@@H]1N(C)c1ncnc2c1ccn2C(=S)NC(CCCCN)C(=O)O.Cl. The van der Waals surface area contributed by atoms with Gasteiger partial charge in [-0.05, 0) is 56.4 Å². The van der Waals surface area contributed by atoms with E-state index in [1.54, 1.807) is 15.7 Å². The minimum absolute atomic E-state index is 0. The highest BCUT2D eigenvalue weighted by molar-refractivity contribution is 7.80. The Morgan fingerprint density at radius 3 is 2.83 bits per heavy atom. The van der Waals surface area contributed by atoms with E-state index >= 15 is 0 Å². The maximum atomic E-state index is 12.3. The van der Waals surface area contributed by atoms with E-state index in [1.807, 2.05) is 24.1 Å². The number of nitrogens with zero attached hydrogens (tertiary/aromatic N) is 6. The Morgan fingerprint density at radius 2 is 2.17 bits per heavy atom. The van der Waals surface area contributed by atoms with Crippen molar-refractivity contribution >= 4 is 58.5 Å². The number of carboxylic acids is 1. The highest BCUT2D eigenvalue weighted by Crippen LogP contribution is 2.29. The third-order valence-electron chi connectivity index (χ3n) is 6.56. The van der Waals surface area contributed by atoms with Crippen molar-refractivity contribution in [1.82, 2.24) is 24.8 Å². The molecule has 1 unspecified atom stereocenters. The summed E-state index contributed by atoms with van der Waals surface area (Å²) in [5.41, 5.74) is 6.08. The first-order valence-corrected chi connectivity index (χ1v) is 12.1. The average molecular weight is 537 g/mol. The molecule has 1 fully saturated rings. The van der Waals surface area contributed by atoms with Crippen molar-refractivity contribution in [3.05, 3.63) is 18.6 Å². The van der Waals surface area contributed by atoms with Crippen LogP contribution in [0.15, 0.2) is 18.6 Å². The second kappa shape index (κ2) is 13.3. The Labute approximate surface area is 222 Å². The number of carboxylic acid groups (broad SMARTS) is 1. The molecule has 3 heterocycles. The number of aromatic nitrogens is 3. The van der Waals surface area contributed by atoms with E-state index in [9.17, 15) is 14.7 Å². The van der Waals surface area contributed by atoms with Gasteiger partial charge in [0.15, 0.2) is 10.8 Å². The molecule has 0 spiro atoms. The van der Waals surface area contributed by atoms with E-state index in [-0.39, 0.29) is 35.9 Å². The standard InChI is InChI=1S/C23H32N8O3S.ClH/c1-15-7-11-30(19(32)6-10-25)13-18(15)29(2)20-16-8-12-31(21(16)27-14-26-20)23(35)28-17(22(33)34)5-3-4-9-24;/h8,12,14-15,17-18H,3-7,9,11,13,24H2,1-2H3,(H,28,35)(H,33,34);1H/t15-,17?,18+;/m1./s1. The molecule has 0 aromatic carbocycles. The molecule has 0 saturated carbocycles. The molecule has 3 atom stereocenters. The van der Waals surface area contributed by atoms with Gasteiger partial charge in [0.25, 0.3) is 0 Å². The van der Waals surface area contributed by atoms with Crippen molar-refractivity contribution in [3.8, 4) is 6.07 Å². The summed E-state index contributed by atoms with van der Waals surface area (Å²) in [6.07, 6.45) is 5.74. The number of aliphatic carboxylic acids is 1. The zero-order chi connectivity index (χ0) is 25.5. The number of nitrogens with two attached hydrogens (primary N) is 1. The van der Waals surface area contributed by atoms with E-state index < -0.39 is 12.0 Å². The molecule has 2 aromatic heterocycles. The first kappa shape index (κ1) is 29.2. The lowest BCUT2D eigenvalue weighted by Gasteiger charge is -2.42. The lowest BCUT2D eigenvalue weighted by Crippen LogP contribution is -2.52. The fourth-order valence-electron chi connectivity index (χ4n) is 4.47. The van der Waals surface area contributed by atoms with Crippen molar-refractivity contribution in [2.24, 2.45) is 11.7 Å². The minimum Gasteiger partial charge on any atom is -0.480 e. The molecule has 2 aromatic rings. The van der Waals surface area contributed by atoms with E-state index in [4.69, 9.17) is 23.2 Å². The first-order chi connectivity index (χ1) is 16.8. The highest BCUT2D eigenvalue weighted by Gasteiger charge is 2.33. The van der Waals surface area contributed by atoms with Gasteiger partial charge in [-0.3, -0.25) is 9.36 Å². The van der Waals surface area contributed by atoms with Crippen molar-refractivity contribution in [2.45, 2.75) is 51.1 Å². The smallest absolute Gasteiger partial charge is 0.326 e. The Morgan fingerprint density at radius 1 is 1.42 bits per heavy atom. The molecule has 3 rings (SSSR count). The molecule has 13 heteroatoms. The Bertz CT molecular complexity index is 1120. The molecule has 1 aliphatic rings. The number of nitrogens with one attached hydrogen (secondary N) is 1. The normalized spacial score (nSPS) is 18.1. The van der Waals surface area contributed by atoms with Gasteiger partial charge in [-0.15, -0.1) is 12.4 Å². The molecule has 0 radical (unpaired) electrons. The van der Waals surface area contributed by atoms with Crippen molar-refractivity contribution in [2.75, 3.05) is 31.6 Å². The van der Waals surface area contributed by atoms with Crippen LogP contribution in [0.25, 0.3) is 11.0 Å². The number of likely N-dealkylation sites (N-methyl/N-ethyl adjacent to an activating group) is 1. The predicted molar refractivity (Wildman–Crippen MR) is 143 cm³/mol. The number of fused-ring (bicyclic) bond motifs is 1. The number of carbonyl (C=O) groups excluding carboxylic acids is 1. The number of halogens is 1. The van der Waals surface area contributed by atoms with Crippen LogP contribution in [0.2, 0.25) is 0 Å². The summed E-state index contributed by atoms with van der Waals surface area (Å²) in [5.74, 6) is -0.128. The zero-order valence-corrected chi connectivity index (χ0v) is 22.1. The topological polar surface area (TPSA) is 153 Å². The quantitative estimate of drug-likeness (QED) is 0.319. The largest absolute Gasteiger partial charge is 0.480 e. The van der Waals surface area contributed by atoms with Gasteiger partial charge in [0.05, 0.1) is 17.5 Å². The molecule has 0 bridgehead atoms. The summed E-state index contributed by atoms with van der Waals surface area (Å²) < 4.78 is 1.65. The van der Waals surface area contributed by atoms with Crippen LogP contribution in [0.1, 0.15) is 39.0 Å². The summed E-state index contributed by atoms with van der Waals surface area (Å²) in [6, 6.07) is 2.98. The average Bonchev–Trinajstić information content (AvgIpc) is 3.28. The van der Waals surface area contributed by atoms with Crippen molar-refractivity contribution in [1.29, 1.82) is 5.26 Å². The molecular formula is C23H33ClN8O3S. The van der Waals surface area contributed by atoms with Crippen LogP contribution in [0.4, 0.5) is 5.82 Å². The molecule has 0 aliphatic carbocycles. The minimum atomic E-state index is -0.974. The summed E-state index contributed by atoms with van der Waals surface area (Å²) >= 11 is 5.52. The summed E-state index contributed by atoms with van der Waals surface area (Å²) in [6.45, 7) is 3.80. The number of hydrogen-bond acceptors (Lipinski definition) is 8. The fraction of sp³-hybridized carbons (Fsp3) is 0.565. The van der Waals surface area contributed by atoms with Crippen molar-refractivity contribution < 1.29 is 14.7 Å². The number of likely N-dealkylation sites (tertiary alicyclic amines) is 1. The van der Waals surface area contributed by atoms with E-state index in [1.165, 1.54) is 6.33 Å². The molecule has 11 nitrogen and oxygen atoms in total. The van der Waals surface area contributed by atoms with Gasteiger partial charge in [0, 0.05) is 26.3 Å². The molecule has 36 heavy (non-hydrogen) atoms. The van der Waals surface area contributed by atoms with Crippen LogP contribution in [-0.4, -0.2) is 80.3 Å². The zero-order valence-electron chi connectivity index (χ0n) is 20.5. The lowest BCUT2D eigenvalue weighted by atomic mass is 9.92. The van der Waals surface area contributed by atoms with Crippen LogP contribution in [-0.2, 0) is 9.59 Å². The number of hydrogen-bond donors (Lipinski definition) is 3. The van der Waals surface area contributed by atoms with Gasteiger partial charge in [-0.2, -0.15) is 5.26 Å². The number of thiocarbonyl (C=S) groups is 1. The molecule has 1 amide bonds. The molecular weight excluding hydrogens is 504 g/mol. The number of nitriles is 1. The maximum absolute atomic E-state index is 12.3. The summed E-state index contributed by atoms with van der Waals surface area (Å²) in [7, 11) is 1.94. The van der Waals surface area contributed by atoms with Gasteiger partial charge in [0.1, 0.15) is 24.6 Å². The number of unbranched alkanes of at least 4 members (excludes halogenated alkanes) is 1. The van der Waals surface area contributed by atoms with E-state index in [0.29, 0.717) is 49.9 Å². The number of amides is 1. The first-order valence-electron chi connectivity index (χ1n) is 11.7. The van der Waals surface area contributed by atoms with Crippen molar-refractivity contribution in [3.63, 3.8) is 0 Å². The van der Waals surface area contributed by atoms with Gasteiger partial charge in [-0.25, -0.2) is 14.8 Å². The third kappa shape index (κ3) is 6.60. The molecule has 196 valence electrons. The predicted octanol–water partition coefficient (Wildman–Crippen LogP) is 1.74. The summed E-state index contributed by atoms with van der Waals surface area (Å²) in [5, 5.41) is 22.4. The summed E-state index contributed by atoms with van der Waals surface area (Å²) in [4.78, 5) is 36.7. The van der Waals surface area contributed by atoms with Crippen LogP contribution in [0.5, 0.6) is 0 Å². The molecule has 4 N–H and O–H groups in total. The van der Waals surface area contributed by atoms with E-state index in [0.717, 1.165) is 18.2 Å². The molecule has 1 saturated heterocycles. The number of piperidine rings is 1. The van der Waals surface area contributed by atoms with Gasteiger partial charge in [-0.1, -0.05) is 6.92 Å². The Kier molecular flexibility index (Phi) is 10.8. The molecule has 1 aliphatic heterocycles. The van der Waals surface area contributed by atoms with Gasteiger partial charge < -0.3 is 26.0 Å². The second-order valence-electron chi connectivity index (χ2n) is 8.86. The monoisotopic (exact) mass is 536 g/mol. The van der Waals surface area contributed by atoms with E-state index in [2.05, 4.69) is 22.2 Å². The lowest BCUT2D eigenvalue weighted by molar-refractivity contribution is -0.139. The third-order valence-corrected chi connectivity index (χ3v) is 6.87. The maximum Gasteiger partial charge on any atom is 0.326 e. The fourth-order valence-corrected chi connectivity index (χ4v) is 4.76. The van der Waals surface area contributed by atoms with Crippen LogP contribution >= 0.6 is 24.6 Å². The van der Waals surface area contributed by atoms with Gasteiger partial charge >= 0.3 is 5.97 Å². The van der Waals surface area contributed by atoms with Gasteiger partial charge in [0.2, 0.25) is 5.91 Å². The van der Waals surface area contributed by atoms with Crippen LogP contribution in [0, 0.1) is 17.2 Å². The van der Waals surface area contributed by atoms with Crippen LogP contribution in [0.3, 0.4) is 0 Å².